The highest BCUT2D eigenvalue weighted by Gasteiger charge is 1.99. The zero-order chi connectivity index (χ0) is 11.5. The molecule has 0 amide bonds. The predicted octanol–water partition coefficient (Wildman–Crippen LogP) is 0.705. The SMILES string of the molecule is Cc1cc(=NCc2ccco2)n(O)nc1N. The summed E-state index contributed by atoms with van der Waals surface area (Å²) in [7, 11) is 0. The Morgan fingerprint density at radius 3 is 3.12 bits per heavy atom. The van der Waals surface area contributed by atoms with Crippen molar-refractivity contribution in [2.75, 3.05) is 5.73 Å². The standard InChI is InChI=1S/C10H12N4O2/c1-7-5-9(14(15)13-10(7)11)12-6-8-3-2-4-16-8/h2-5,15H,6H2,1H3,(H2,11,13). The Labute approximate surface area is 91.6 Å². The summed E-state index contributed by atoms with van der Waals surface area (Å²) in [5, 5.41) is 13.1. The van der Waals surface area contributed by atoms with Crippen LogP contribution in [-0.4, -0.2) is 15.2 Å². The topological polar surface area (TPSA) is 89.6 Å². The van der Waals surface area contributed by atoms with Gasteiger partial charge in [-0.3, -0.25) is 4.99 Å². The van der Waals surface area contributed by atoms with E-state index in [1.165, 1.54) is 0 Å². The van der Waals surface area contributed by atoms with Crippen molar-refractivity contribution in [1.82, 2.24) is 9.94 Å². The van der Waals surface area contributed by atoms with Crippen molar-refractivity contribution < 1.29 is 9.62 Å². The van der Waals surface area contributed by atoms with Crippen LogP contribution in [0.1, 0.15) is 11.3 Å². The highest BCUT2D eigenvalue weighted by Crippen LogP contribution is 2.02. The number of furan rings is 1. The van der Waals surface area contributed by atoms with Gasteiger partial charge >= 0.3 is 0 Å². The molecule has 0 saturated heterocycles. The van der Waals surface area contributed by atoms with Gasteiger partial charge in [0.1, 0.15) is 5.76 Å². The first-order valence-electron chi connectivity index (χ1n) is 4.75. The molecule has 0 unspecified atom stereocenters. The minimum atomic E-state index is 0.277. The minimum absolute atomic E-state index is 0.277. The highest BCUT2D eigenvalue weighted by atomic mass is 16.5. The average molecular weight is 220 g/mol. The molecular weight excluding hydrogens is 208 g/mol. The summed E-state index contributed by atoms with van der Waals surface area (Å²) in [6.45, 7) is 2.15. The van der Waals surface area contributed by atoms with Crippen molar-refractivity contribution in [1.29, 1.82) is 0 Å². The van der Waals surface area contributed by atoms with Gasteiger partial charge in [-0.15, -0.1) is 5.10 Å². The molecule has 0 bridgehead atoms. The first-order chi connectivity index (χ1) is 7.66. The van der Waals surface area contributed by atoms with Crippen molar-refractivity contribution in [2.24, 2.45) is 4.99 Å². The van der Waals surface area contributed by atoms with E-state index < -0.39 is 0 Å². The lowest BCUT2D eigenvalue weighted by Crippen LogP contribution is -2.23. The van der Waals surface area contributed by atoms with Gasteiger partial charge in [0, 0.05) is 0 Å². The highest BCUT2D eigenvalue weighted by molar-refractivity contribution is 5.35. The molecule has 0 saturated carbocycles. The third-order valence-corrected chi connectivity index (χ3v) is 2.13. The first-order valence-corrected chi connectivity index (χ1v) is 4.75. The lowest BCUT2D eigenvalue weighted by Gasteiger charge is -2.01. The van der Waals surface area contributed by atoms with Crippen LogP contribution in [0.2, 0.25) is 0 Å². The van der Waals surface area contributed by atoms with Crippen LogP contribution in [0.15, 0.2) is 33.9 Å². The molecule has 2 heterocycles. The van der Waals surface area contributed by atoms with Crippen LogP contribution in [0, 0.1) is 6.92 Å². The predicted molar refractivity (Wildman–Crippen MR) is 56.5 cm³/mol. The summed E-state index contributed by atoms with van der Waals surface area (Å²) >= 11 is 0. The summed E-state index contributed by atoms with van der Waals surface area (Å²) in [5.41, 5.74) is 6.63. The van der Waals surface area contributed by atoms with E-state index >= 15 is 0 Å². The molecule has 84 valence electrons. The molecule has 0 fully saturated rings. The van der Waals surface area contributed by atoms with E-state index in [9.17, 15) is 5.21 Å². The summed E-state index contributed by atoms with van der Waals surface area (Å²) in [5.74, 6) is 0.994. The second-order valence-electron chi connectivity index (χ2n) is 3.36. The summed E-state index contributed by atoms with van der Waals surface area (Å²) < 4.78 is 5.12. The van der Waals surface area contributed by atoms with E-state index in [0.717, 1.165) is 11.3 Å². The van der Waals surface area contributed by atoms with E-state index in [4.69, 9.17) is 10.2 Å². The maximum atomic E-state index is 9.45. The molecule has 2 aromatic heterocycles. The van der Waals surface area contributed by atoms with E-state index in [-0.39, 0.29) is 5.82 Å². The number of nitrogens with zero attached hydrogens (tertiary/aromatic N) is 3. The van der Waals surface area contributed by atoms with Gasteiger partial charge in [-0.2, -0.15) is 0 Å². The maximum Gasteiger partial charge on any atom is 0.186 e. The van der Waals surface area contributed by atoms with Gasteiger partial charge in [0.25, 0.3) is 0 Å². The number of aryl methyl sites for hydroxylation is 1. The fraction of sp³-hybridized carbons (Fsp3) is 0.200. The van der Waals surface area contributed by atoms with Crippen molar-refractivity contribution in [3.63, 3.8) is 0 Å². The molecule has 0 aliphatic heterocycles. The van der Waals surface area contributed by atoms with E-state index in [0.29, 0.717) is 16.9 Å². The number of nitrogens with two attached hydrogens (primary N) is 1. The molecular formula is C10H12N4O2. The first kappa shape index (κ1) is 10.3. The molecule has 0 aliphatic carbocycles. The van der Waals surface area contributed by atoms with E-state index in [2.05, 4.69) is 10.1 Å². The zero-order valence-corrected chi connectivity index (χ0v) is 8.79. The van der Waals surface area contributed by atoms with E-state index in [1.807, 2.05) is 6.07 Å². The molecule has 6 nitrogen and oxygen atoms in total. The Hall–Kier alpha value is -2.24. The second kappa shape index (κ2) is 4.09. The van der Waals surface area contributed by atoms with Gasteiger partial charge in [-0.1, -0.05) is 4.85 Å². The van der Waals surface area contributed by atoms with Crippen LogP contribution >= 0.6 is 0 Å². The maximum absolute atomic E-state index is 9.45. The normalized spacial score (nSPS) is 11.9. The molecule has 2 rings (SSSR count). The number of anilines is 1. The van der Waals surface area contributed by atoms with Crippen LogP contribution in [0.5, 0.6) is 0 Å². The molecule has 0 aliphatic rings. The Morgan fingerprint density at radius 2 is 2.44 bits per heavy atom. The fourth-order valence-electron chi connectivity index (χ4n) is 1.23. The van der Waals surface area contributed by atoms with Gasteiger partial charge in [0.2, 0.25) is 0 Å². The van der Waals surface area contributed by atoms with Crippen LogP contribution in [0.25, 0.3) is 0 Å². The molecule has 0 atom stereocenters. The van der Waals surface area contributed by atoms with Crippen molar-refractivity contribution in [3.8, 4) is 0 Å². The third-order valence-electron chi connectivity index (χ3n) is 2.13. The molecule has 0 aromatic carbocycles. The van der Waals surface area contributed by atoms with Gasteiger partial charge in [-0.05, 0) is 30.7 Å². The molecule has 16 heavy (non-hydrogen) atoms. The van der Waals surface area contributed by atoms with Gasteiger partial charge in [0.05, 0.1) is 12.8 Å². The molecule has 3 N–H and O–H groups in total. The third kappa shape index (κ3) is 2.05. The smallest absolute Gasteiger partial charge is 0.186 e. The summed E-state index contributed by atoms with van der Waals surface area (Å²) in [4.78, 5) is 4.81. The minimum Gasteiger partial charge on any atom is -0.467 e. The summed E-state index contributed by atoms with van der Waals surface area (Å²) in [6.07, 6.45) is 1.57. The van der Waals surface area contributed by atoms with Gasteiger partial charge in [0.15, 0.2) is 11.3 Å². The number of hydrogen-bond acceptors (Lipinski definition) is 5. The van der Waals surface area contributed by atoms with E-state index in [1.54, 1.807) is 25.3 Å². The Morgan fingerprint density at radius 1 is 1.62 bits per heavy atom. The zero-order valence-electron chi connectivity index (χ0n) is 8.79. The molecule has 2 aromatic rings. The summed E-state index contributed by atoms with van der Waals surface area (Å²) in [6, 6.07) is 5.25. The van der Waals surface area contributed by atoms with Crippen molar-refractivity contribution >= 4 is 5.82 Å². The molecule has 0 spiro atoms. The van der Waals surface area contributed by atoms with Crippen LogP contribution in [0.4, 0.5) is 5.82 Å². The Balaban J connectivity index is 2.33. The Bertz CT molecular complexity index is 542. The van der Waals surface area contributed by atoms with Crippen molar-refractivity contribution in [2.45, 2.75) is 13.5 Å². The Kier molecular flexibility index (Phi) is 2.63. The monoisotopic (exact) mass is 220 g/mol. The fourth-order valence-corrected chi connectivity index (χ4v) is 1.23. The van der Waals surface area contributed by atoms with Crippen LogP contribution in [-0.2, 0) is 6.54 Å². The number of hydrogen-bond donors (Lipinski definition) is 2. The average Bonchev–Trinajstić information content (AvgIpc) is 2.74. The lowest BCUT2D eigenvalue weighted by atomic mass is 10.3. The van der Waals surface area contributed by atoms with Gasteiger partial charge < -0.3 is 15.4 Å². The van der Waals surface area contributed by atoms with Crippen LogP contribution in [0.3, 0.4) is 0 Å². The largest absolute Gasteiger partial charge is 0.467 e. The second-order valence-corrected chi connectivity index (χ2v) is 3.36. The lowest BCUT2D eigenvalue weighted by molar-refractivity contribution is 0.132. The van der Waals surface area contributed by atoms with Gasteiger partial charge in [-0.25, -0.2) is 0 Å². The van der Waals surface area contributed by atoms with Crippen LogP contribution < -0.4 is 11.2 Å². The molecule has 0 radical (unpaired) electrons. The number of nitrogen functional groups attached to an aromatic ring is 1. The quantitative estimate of drug-likeness (QED) is 0.729. The van der Waals surface area contributed by atoms with Crippen molar-refractivity contribution in [3.05, 3.63) is 41.3 Å². The number of aromatic nitrogens is 2. The number of rotatable bonds is 2. The molecule has 6 heteroatoms.